The average molecular weight is 167 g/mol. The zero-order chi connectivity index (χ0) is 7.94. The number of aromatic nitrogens is 1. The summed E-state index contributed by atoms with van der Waals surface area (Å²) in [6, 6.07) is 3.88. The van der Waals surface area contributed by atoms with E-state index in [9.17, 15) is 4.79 Å². The molecule has 1 aromatic rings. The standard InChI is InChI=1S/C8H9NOS/c10-6-1-7-11-8-2-4-9-5-3-8/h2-6H,1,7H2. The molecule has 2 nitrogen and oxygen atoms in total. The maximum atomic E-state index is 9.97. The smallest absolute Gasteiger partial charge is 0.120 e. The van der Waals surface area contributed by atoms with Gasteiger partial charge in [0.25, 0.3) is 0 Å². The SMILES string of the molecule is O=CCCSc1ccncc1. The molecule has 0 bridgehead atoms. The summed E-state index contributed by atoms with van der Waals surface area (Å²) in [7, 11) is 0. The lowest BCUT2D eigenvalue weighted by Gasteiger charge is -1.95. The summed E-state index contributed by atoms with van der Waals surface area (Å²) in [5.74, 6) is 0.855. The van der Waals surface area contributed by atoms with Gasteiger partial charge in [-0.15, -0.1) is 11.8 Å². The molecule has 11 heavy (non-hydrogen) atoms. The molecule has 3 heteroatoms. The first-order chi connectivity index (χ1) is 5.43. The van der Waals surface area contributed by atoms with Crippen LogP contribution in [0.15, 0.2) is 29.4 Å². The fourth-order valence-electron chi connectivity index (χ4n) is 0.659. The van der Waals surface area contributed by atoms with E-state index < -0.39 is 0 Å². The first-order valence-electron chi connectivity index (χ1n) is 3.40. The van der Waals surface area contributed by atoms with Crippen LogP contribution in [-0.4, -0.2) is 17.0 Å². The Morgan fingerprint density at radius 3 is 2.82 bits per heavy atom. The lowest BCUT2D eigenvalue weighted by atomic mass is 10.5. The Balaban J connectivity index is 2.33. The third-order valence-electron chi connectivity index (χ3n) is 1.15. The third-order valence-corrected chi connectivity index (χ3v) is 2.20. The molecule has 1 aromatic heterocycles. The molecule has 0 aliphatic heterocycles. The van der Waals surface area contributed by atoms with Crippen LogP contribution in [0.3, 0.4) is 0 Å². The molecule has 0 saturated heterocycles. The zero-order valence-electron chi connectivity index (χ0n) is 6.06. The minimum Gasteiger partial charge on any atom is -0.303 e. The number of carbonyl (C=O) groups is 1. The van der Waals surface area contributed by atoms with Crippen molar-refractivity contribution in [3.63, 3.8) is 0 Å². The highest BCUT2D eigenvalue weighted by molar-refractivity contribution is 7.99. The van der Waals surface area contributed by atoms with Crippen molar-refractivity contribution in [2.24, 2.45) is 0 Å². The molecule has 0 N–H and O–H groups in total. The van der Waals surface area contributed by atoms with Gasteiger partial charge in [-0.25, -0.2) is 0 Å². The van der Waals surface area contributed by atoms with Gasteiger partial charge in [0.05, 0.1) is 0 Å². The fourth-order valence-corrected chi connectivity index (χ4v) is 1.42. The lowest BCUT2D eigenvalue weighted by molar-refractivity contribution is -0.107. The van der Waals surface area contributed by atoms with Gasteiger partial charge >= 0.3 is 0 Å². The molecule has 0 aromatic carbocycles. The van der Waals surface area contributed by atoms with Crippen LogP contribution >= 0.6 is 11.8 Å². The number of hydrogen-bond acceptors (Lipinski definition) is 3. The maximum Gasteiger partial charge on any atom is 0.120 e. The van der Waals surface area contributed by atoms with Crippen LogP contribution in [0.25, 0.3) is 0 Å². The maximum absolute atomic E-state index is 9.97. The Bertz CT molecular complexity index is 213. The van der Waals surface area contributed by atoms with E-state index in [-0.39, 0.29) is 0 Å². The Hall–Kier alpha value is -0.830. The van der Waals surface area contributed by atoms with Gasteiger partial charge in [-0.3, -0.25) is 4.98 Å². The van der Waals surface area contributed by atoms with Crippen molar-refractivity contribution < 1.29 is 4.79 Å². The van der Waals surface area contributed by atoms with Crippen molar-refractivity contribution in [3.8, 4) is 0 Å². The summed E-state index contributed by atoms with van der Waals surface area (Å²) in [5, 5.41) is 0. The number of carbonyl (C=O) groups excluding carboxylic acids is 1. The number of hydrogen-bond donors (Lipinski definition) is 0. The van der Waals surface area contributed by atoms with Crippen LogP contribution < -0.4 is 0 Å². The van der Waals surface area contributed by atoms with E-state index in [4.69, 9.17) is 0 Å². The van der Waals surface area contributed by atoms with Crippen molar-refractivity contribution in [1.29, 1.82) is 0 Å². The number of aldehydes is 1. The molecule has 0 fully saturated rings. The van der Waals surface area contributed by atoms with Gasteiger partial charge in [0, 0.05) is 29.5 Å². The Labute approximate surface area is 70.0 Å². The zero-order valence-corrected chi connectivity index (χ0v) is 6.88. The molecule has 0 spiro atoms. The van der Waals surface area contributed by atoms with Crippen LogP contribution in [0.2, 0.25) is 0 Å². The van der Waals surface area contributed by atoms with Gasteiger partial charge in [-0.2, -0.15) is 0 Å². The highest BCUT2D eigenvalue weighted by Crippen LogP contribution is 2.15. The van der Waals surface area contributed by atoms with E-state index in [2.05, 4.69) is 4.98 Å². The minimum atomic E-state index is 0.618. The van der Waals surface area contributed by atoms with Gasteiger partial charge < -0.3 is 4.79 Å². The molecule has 1 rings (SSSR count). The van der Waals surface area contributed by atoms with E-state index in [1.54, 1.807) is 24.2 Å². The van der Waals surface area contributed by atoms with Crippen molar-refractivity contribution >= 4 is 18.0 Å². The van der Waals surface area contributed by atoms with Gasteiger partial charge in [-0.1, -0.05) is 0 Å². The molecule has 0 aliphatic carbocycles. The van der Waals surface area contributed by atoms with Crippen LogP contribution in [0.1, 0.15) is 6.42 Å². The van der Waals surface area contributed by atoms with Gasteiger partial charge in [0.2, 0.25) is 0 Å². The topological polar surface area (TPSA) is 30.0 Å². The molecule has 58 valence electrons. The lowest BCUT2D eigenvalue weighted by Crippen LogP contribution is -1.80. The first-order valence-corrected chi connectivity index (χ1v) is 4.38. The van der Waals surface area contributed by atoms with E-state index in [0.29, 0.717) is 6.42 Å². The molecule has 1 heterocycles. The van der Waals surface area contributed by atoms with E-state index in [0.717, 1.165) is 12.0 Å². The van der Waals surface area contributed by atoms with Crippen molar-refractivity contribution in [2.45, 2.75) is 11.3 Å². The van der Waals surface area contributed by atoms with Crippen molar-refractivity contribution in [3.05, 3.63) is 24.5 Å². The van der Waals surface area contributed by atoms with Crippen molar-refractivity contribution in [2.75, 3.05) is 5.75 Å². The van der Waals surface area contributed by atoms with Crippen LogP contribution in [0.4, 0.5) is 0 Å². The Morgan fingerprint density at radius 1 is 1.45 bits per heavy atom. The molecule has 0 unspecified atom stereocenters. The van der Waals surface area contributed by atoms with E-state index in [1.165, 1.54) is 4.90 Å². The molecule has 0 aliphatic rings. The number of nitrogens with zero attached hydrogens (tertiary/aromatic N) is 1. The molecular formula is C8H9NOS. The predicted octanol–water partition coefficient (Wildman–Crippen LogP) is 1.76. The Kier molecular flexibility index (Phi) is 3.69. The summed E-state index contributed by atoms with van der Waals surface area (Å²) >= 11 is 1.67. The average Bonchev–Trinajstić information content (AvgIpc) is 2.07. The van der Waals surface area contributed by atoms with E-state index >= 15 is 0 Å². The normalized spacial score (nSPS) is 9.45. The summed E-state index contributed by atoms with van der Waals surface area (Å²) in [6.45, 7) is 0. The summed E-state index contributed by atoms with van der Waals surface area (Å²) in [6.07, 6.45) is 5.06. The highest BCUT2D eigenvalue weighted by atomic mass is 32.2. The summed E-state index contributed by atoms with van der Waals surface area (Å²) in [4.78, 5) is 15.0. The molecule has 0 amide bonds. The van der Waals surface area contributed by atoms with E-state index in [1.807, 2.05) is 12.1 Å². The fraction of sp³-hybridized carbons (Fsp3) is 0.250. The van der Waals surface area contributed by atoms with Crippen LogP contribution in [0.5, 0.6) is 0 Å². The van der Waals surface area contributed by atoms with Crippen molar-refractivity contribution in [1.82, 2.24) is 4.98 Å². The second kappa shape index (κ2) is 4.91. The second-order valence-corrected chi connectivity index (χ2v) is 3.16. The van der Waals surface area contributed by atoms with Gasteiger partial charge in [-0.05, 0) is 12.1 Å². The number of rotatable bonds is 4. The van der Waals surface area contributed by atoms with Gasteiger partial charge in [0.1, 0.15) is 6.29 Å². The Morgan fingerprint density at radius 2 is 2.18 bits per heavy atom. The van der Waals surface area contributed by atoms with Gasteiger partial charge in [0.15, 0.2) is 0 Å². The number of pyridine rings is 1. The highest BCUT2D eigenvalue weighted by Gasteiger charge is 1.90. The molecule has 0 radical (unpaired) electrons. The molecule has 0 saturated carbocycles. The minimum absolute atomic E-state index is 0.618. The molecular weight excluding hydrogens is 158 g/mol. The van der Waals surface area contributed by atoms with Crippen LogP contribution in [-0.2, 0) is 4.79 Å². The third kappa shape index (κ3) is 3.18. The quantitative estimate of drug-likeness (QED) is 0.389. The summed E-state index contributed by atoms with van der Waals surface area (Å²) < 4.78 is 0. The largest absolute Gasteiger partial charge is 0.303 e. The molecule has 0 atom stereocenters. The van der Waals surface area contributed by atoms with Crippen LogP contribution in [0, 0.1) is 0 Å². The first kappa shape index (κ1) is 8.27. The monoisotopic (exact) mass is 167 g/mol. The summed E-state index contributed by atoms with van der Waals surface area (Å²) in [5.41, 5.74) is 0. The second-order valence-electron chi connectivity index (χ2n) is 1.99. The number of thioether (sulfide) groups is 1. The predicted molar refractivity (Wildman–Crippen MR) is 45.6 cm³/mol.